The predicted molar refractivity (Wildman–Crippen MR) is 123 cm³/mol. The fourth-order valence-electron chi connectivity index (χ4n) is 6.10. The predicted octanol–water partition coefficient (Wildman–Crippen LogP) is 5.60. The molecule has 2 aromatic carbocycles. The normalized spacial score (nSPS) is 28.7. The summed E-state index contributed by atoms with van der Waals surface area (Å²) in [7, 11) is 0. The molecule has 2 bridgehead atoms. The van der Waals surface area contributed by atoms with Crippen LogP contribution in [0.4, 0.5) is 0 Å². The molecule has 2 heteroatoms. The molecule has 2 aliphatic carbocycles. The standard InChI is InChI=1S/C27H38N2/c1-20(29-25-17-23-15-16-27(25,4)26(23,2)3)18-28-19-24(21-11-7-5-8-12-21)22-13-9-6-10-14-22/h5-14,20,23-25,28-29H,15-19H2,1-4H3/t20?,23-,25+,27+/m1/s1. The second kappa shape index (κ2) is 8.24. The largest absolute Gasteiger partial charge is 0.314 e. The van der Waals surface area contributed by atoms with Crippen LogP contribution < -0.4 is 10.6 Å². The van der Waals surface area contributed by atoms with Crippen LogP contribution in [0.2, 0.25) is 0 Å². The molecule has 2 N–H and O–H groups in total. The molecule has 0 amide bonds. The van der Waals surface area contributed by atoms with Crippen LogP contribution in [0, 0.1) is 16.7 Å². The SMILES string of the molecule is CC(CNCC(c1ccccc1)c1ccccc1)N[C@H]1C[C@H]2CC[C@]1(C)C2(C)C. The van der Waals surface area contributed by atoms with Crippen LogP contribution in [-0.4, -0.2) is 25.2 Å². The van der Waals surface area contributed by atoms with Gasteiger partial charge in [-0.05, 0) is 54.1 Å². The van der Waals surface area contributed by atoms with E-state index in [9.17, 15) is 0 Å². The average Bonchev–Trinajstić information content (AvgIpc) is 3.06. The Kier molecular flexibility index (Phi) is 5.86. The summed E-state index contributed by atoms with van der Waals surface area (Å²) in [4.78, 5) is 0. The van der Waals surface area contributed by atoms with Crippen molar-refractivity contribution < 1.29 is 0 Å². The van der Waals surface area contributed by atoms with Gasteiger partial charge in [-0.25, -0.2) is 0 Å². The zero-order chi connectivity index (χ0) is 20.5. The van der Waals surface area contributed by atoms with Crippen LogP contribution in [0.25, 0.3) is 0 Å². The number of hydrogen-bond donors (Lipinski definition) is 2. The first-order chi connectivity index (χ1) is 13.9. The molecule has 2 nitrogen and oxygen atoms in total. The zero-order valence-corrected chi connectivity index (χ0v) is 18.6. The summed E-state index contributed by atoms with van der Waals surface area (Å²) >= 11 is 0. The first-order valence-electron chi connectivity index (χ1n) is 11.5. The van der Waals surface area contributed by atoms with Gasteiger partial charge in [-0.15, -0.1) is 0 Å². The molecular weight excluding hydrogens is 352 g/mol. The highest BCUT2D eigenvalue weighted by molar-refractivity contribution is 5.32. The second-order valence-electron chi connectivity index (χ2n) is 10.3. The highest BCUT2D eigenvalue weighted by atomic mass is 15.0. The Morgan fingerprint density at radius 3 is 1.97 bits per heavy atom. The highest BCUT2D eigenvalue weighted by Crippen LogP contribution is 2.65. The summed E-state index contributed by atoms with van der Waals surface area (Å²) in [6.07, 6.45) is 4.15. The summed E-state index contributed by atoms with van der Waals surface area (Å²) < 4.78 is 0. The van der Waals surface area contributed by atoms with Crippen molar-refractivity contribution in [2.24, 2.45) is 16.7 Å². The molecule has 0 saturated heterocycles. The van der Waals surface area contributed by atoms with Gasteiger partial charge in [0.1, 0.15) is 0 Å². The lowest BCUT2D eigenvalue weighted by molar-refractivity contribution is 0.116. The van der Waals surface area contributed by atoms with Crippen LogP contribution >= 0.6 is 0 Å². The molecule has 2 saturated carbocycles. The van der Waals surface area contributed by atoms with Crippen molar-refractivity contribution in [3.05, 3.63) is 71.8 Å². The van der Waals surface area contributed by atoms with Gasteiger partial charge in [0.05, 0.1) is 0 Å². The minimum atomic E-state index is 0.392. The van der Waals surface area contributed by atoms with Crippen molar-refractivity contribution in [3.63, 3.8) is 0 Å². The number of benzene rings is 2. The molecule has 0 spiro atoms. The Balaban J connectivity index is 1.35. The van der Waals surface area contributed by atoms with E-state index in [0.29, 0.717) is 28.8 Å². The van der Waals surface area contributed by atoms with E-state index in [4.69, 9.17) is 0 Å². The molecule has 2 fully saturated rings. The van der Waals surface area contributed by atoms with E-state index in [1.807, 2.05) is 0 Å². The molecule has 29 heavy (non-hydrogen) atoms. The fraction of sp³-hybridized carbons (Fsp3) is 0.556. The first kappa shape index (κ1) is 20.6. The summed E-state index contributed by atoms with van der Waals surface area (Å²) in [5, 5.41) is 7.77. The van der Waals surface area contributed by atoms with Crippen molar-refractivity contribution >= 4 is 0 Å². The molecule has 4 atom stereocenters. The maximum atomic E-state index is 4.00. The van der Waals surface area contributed by atoms with Gasteiger partial charge in [0.2, 0.25) is 0 Å². The van der Waals surface area contributed by atoms with Gasteiger partial charge in [-0.3, -0.25) is 0 Å². The van der Waals surface area contributed by atoms with Gasteiger partial charge in [0, 0.05) is 31.1 Å². The second-order valence-corrected chi connectivity index (χ2v) is 10.3. The smallest absolute Gasteiger partial charge is 0.0214 e. The van der Waals surface area contributed by atoms with Crippen LogP contribution in [0.5, 0.6) is 0 Å². The van der Waals surface area contributed by atoms with Crippen molar-refractivity contribution in [2.75, 3.05) is 13.1 Å². The molecular formula is C27H38N2. The molecule has 0 heterocycles. The number of rotatable bonds is 8. The monoisotopic (exact) mass is 390 g/mol. The molecule has 2 aliphatic rings. The molecule has 2 aromatic rings. The topological polar surface area (TPSA) is 24.1 Å². The third kappa shape index (κ3) is 3.90. The Morgan fingerprint density at radius 2 is 1.48 bits per heavy atom. The summed E-state index contributed by atoms with van der Waals surface area (Å²) in [6.45, 7) is 11.8. The minimum absolute atomic E-state index is 0.392. The Labute approximate surface area is 177 Å². The zero-order valence-electron chi connectivity index (χ0n) is 18.6. The minimum Gasteiger partial charge on any atom is -0.314 e. The van der Waals surface area contributed by atoms with Crippen LogP contribution in [-0.2, 0) is 0 Å². The summed E-state index contributed by atoms with van der Waals surface area (Å²) in [5.74, 6) is 1.29. The van der Waals surface area contributed by atoms with E-state index in [1.165, 1.54) is 30.4 Å². The molecule has 0 aliphatic heterocycles. The van der Waals surface area contributed by atoms with Gasteiger partial charge in [-0.1, -0.05) is 81.4 Å². The Hall–Kier alpha value is -1.64. The van der Waals surface area contributed by atoms with Crippen molar-refractivity contribution in [2.45, 2.75) is 65.0 Å². The van der Waals surface area contributed by atoms with Crippen LogP contribution in [0.1, 0.15) is 64.0 Å². The van der Waals surface area contributed by atoms with E-state index in [1.54, 1.807) is 0 Å². The Morgan fingerprint density at radius 1 is 0.897 bits per heavy atom. The van der Waals surface area contributed by atoms with Crippen molar-refractivity contribution in [1.29, 1.82) is 0 Å². The van der Waals surface area contributed by atoms with E-state index in [-0.39, 0.29) is 0 Å². The number of nitrogens with one attached hydrogen (secondary N) is 2. The van der Waals surface area contributed by atoms with E-state index in [0.717, 1.165) is 19.0 Å². The van der Waals surface area contributed by atoms with Gasteiger partial charge >= 0.3 is 0 Å². The van der Waals surface area contributed by atoms with Gasteiger partial charge in [-0.2, -0.15) is 0 Å². The number of fused-ring (bicyclic) bond motifs is 2. The number of hydrogen-bond acceptors (Lipinski definition) is 2. The lowest BCUT2D eigenvalue weighted by Crippen LogP contribution is -2.50. The molecule has 1 unspecified atom stereocenters. The highest BCUT2D eigenvalue weighted by Gasteiger charge is 2.61. The van der Waals surface area contributed by atoms with Gasteiger partial charge < -0.3 is 10.6 Å². The van der Waals surface area contributed by atoms with Gasteiger partial charge in [0.25, 0.3) is 0 Å². The third-order valence-corrected chi connectivity index (χ3v) is 8.48. The van der Waals surface area contributed by atoms with E-state index in [2.05, 4.69) is 99.0 Å². The maximum Gasteiger partial charge on any atom is 0.0214 e. The van der Waals surface area contributed by atoms with Crippen LogP contribution in [0.15, 0.2) is 60.7 Å². The third-order valence-electron chi connectivity index (χ3n) is 8.48. The molecule has 4 rings (SSSR count). The summed E-state index contributed by atoms with van der Waals surface area (Å²) in [5.41, 5.74) is 3.69. The first-order valence-corrected chi connectivity index (χ1v) is 11.5. The maximum absolute atomic E-state index is 4.00. The lowest BCUT2D eigenvalue weighted by Gasteiger charge is -2.41. The summed E-state index contributed by atoms with van der Waals surface area (Å²) in [6, 6.07) is 22.9. The molecule has 0 radical (unpaired) electrons. The molecule has 0 aromatic heterocycles. The lowest BCUT2D eigenvalue weighted by atomic mass is 9.69. The van der Waals surface area contributed by atoms with Crippen LogP contribution in [0.3, 0.4) is 0 Å². The Bertz CT molecular complexity index is 745. The van der Waals surface area contributed by atoms with Crippen molar-refractivity contribution in [1.82, 2.24) is 10.6 Å². The van der Waals surface area contributed by atoms with E-state index >= 15 is 0 Å². The van der Waals surface area contributed by atoms with E-state index < -0.39 is 0 Å². The van der Waals surface area contributed by atoms with Gasteiger partial charge in [0.15, 0.2) is 0 Å². The molecule has 156 valence electrons. The fourth-order valence-corrected chi connectivity index (χ4v) is 6.10. The average molecular weight is 391 g/mol. The van der Waals surface area contributed by atoms with Crippen molar-refractivity contribution in [3.8, 4) is 0 Å². The quantitative estimate of drug-likeness (QED) is 0.613.